The Morgan fingerprint density at radius 2 is 1.50 bits per heavy atom. The van der Waals surface area contributed by atoms with Gasteiger partial charge < -0.3 is 4.52 Å². The quantitative estimate of drug-likeness (QED) is 0.288. The van der Waals surface area contributed by atoms with Gasteiger partial charge in [0.15, 0.2) is 5.76 Å². The minimum absolute atomic E-state index is 0.852. The van der Waals surface area contributed by atoms with Gasteiger partial charge >= 0.3 is 0 Å². The number of hydrogen-bond acceptors (Lipinski definition) is 3. The van der Waals surface area contributed by atoms with E-state index in [-0.39, 0.29) is 0 Å². The molecule has 0 spiro atoms. The lowest BCUT2D eigenvalue weighted by Crippen LogP contribution is -1.86. The maximum Gasteiger partial charge on any atom is 0.167 e. The lowest BCUT2D eigenvalue weighted by atomic mass is 10.0. The predicted octanol–water partition coefficient (Wildman–Crippen LogP) is 8.32. The molecule has 28 heavy (non-hydrogen) atoms. The van der Waals surface area contributed by atoms with Crippen LogP contribution in [0.2, 0.25) is 0 Å². The van der Waals surface area contributed by atoms with Crippen molar-refractivity contribution in [2.75, 3.05) is 0 Å². The molecule has 0 unspecified atom stereocenters. The van der Waals surface area contributed by atoms with E-state index in [1.807, 2.05) is 11.3 Å². The predicted molar refractivity (Wildman–Crippen MR) is 121 cm³/mol. The number of thiophene rings is 1. The molecule has 2 heterocycles. The van der Waals surface area contributed by atoms with Crippen molar-refractivity contribution in [1.29, 1.82) is 0 Å². The summed E-state index contributed by atoms with van der Waals surface area (Å²) in [5, 5.41) is 4.31. The average molecular weight is 396 g/mol. The highest BCUT2D eigenvalue weighted by Gasteiger charge is 2.11. The van der Waals surface area contributed by atoms with Crippen molar-refractivity contribution in [3.05, 3.63) is 52.9 Å². The minimum atomic E-state index is 0.852. The highest BCUT2D eigenvalue weighted by molar-refractivity contribution is 7.15. The number of nitrogens with zero attached hydrogens (tertiary/aromatic N) is 1. The normalized spacial score (nSPS) is 11.2. The van der Waals surface area contributed by atoms with E-state index in [9.17, 15) is 0 Å². The first kappa shape index (κ1) is 20.9. The molecular weight excluding hydrogens is 362 g/mol. The third kappa shape index (κ3) is 6.07. The zero-order chi connectivity index (χ0) is 19.6. The molecule has 0 N–H and O–H groups in total. The Kier molecular flexibility index (Phi) is 8.35. The molecule has 3 rings (SSSR count). The summed E-state index contributed by atoms with van der Waals surface area (Å²) in [6.45, 7) is 4.51. The van der Waals surface area contributed by atoms with Crippen LogP contribution in [-0.2, 0) is 12.8 Å². The van der Waals surface area contributed by atoms with Crippen molar-refractivity contribution < 1.29 is 4.52 Å². The molecule has 3 aromatic rings. The molecular formula is C25H33NOS. The Morgan fingerprint density at radius 3 is 2.29 bits per heavy atom. The zero-order valence-electron chi connectivity index (χ0n) is 17.4. The first-order valence-corrected chi connectivity index (χ1v) is 11.8. The third-order valence-electron chi connectivity index (χ3n) is 5.26. The highest BCUT2D eigenvalue weighted by atomic mass is 32.1. The Balaban J connectivity index is 1.56. The summed E-state index contributed by atoms with van der Waals surface area (Å²) in [6.07, 6.45) is 12.8. The second-order valence-electron chi connectivity index (χ2n) is 7.66. The Hall–Kier alpha value is -1.87. The minimum Gasteiger partial charge on any atom is -0.356 e. The van der Waals surface area contributed by atoms with Crippen molar-refractivity contribution in [3.8, 4) is 21.9 Å². The number of aryl methyl sites for hydroxylation is 2. The van der Waals surface area contributed by atoms with Gasteiger partial charge in [-0.05, 0) is 43.4 Å². The highest BCUT2D eigenvalue weighted by Crippen LogP contribution is 2.31. The SMILES string of the molecule is CCCCCCCc1ccc(-c2cc(-c3ccc(CCCCC)s3)no2)cc1. The van der Waals surface area contributed by atoms with Crippen molar-refractivity contribution in [1.82, 2.24) is 5.16 Å². The van der Waals surface area contributed by atoms with Gasteiger partial charge in [0.25, 0.3) is 0 Å². The summed E-state index contributed by atoms with van der Waals surface area (Å²) in [7, 11) is 0. The van der Waals surface area contributed by atoms with E-state index in [4.69, 9.17) is 4.52 Å². The van der Waals surface area contributed by atoms with Crippen molar-refractivity contribution in [3.63, 3.8) is 0 Å². The second kappa shape index (κ2) is 11.2. The van der Waals surface area contributed by atoms with E-state index in [1.54, 1.807) is 0 Å². The molecule has 0 fully saturated rings. The maximum atomic E-state index is 5.63. The summed E-state index contributed by atoms with van der Waals surface area (Å²) in [5.41, 5.74) is 3.46. The molecule has 2 aromatic heterocycles. The molecule has 150 valence electrons. The standard InChI is InChI=1S/C25H33NOS/c1-3-5-7-8-10-11-20-13-15-21(16-14-20)24-19-23(26-27-24)25-18-17-22(28-25)12-9-6-4-2/h13-19H,3-12H2,1-2H3. The number of benzene rings is 1. The molecule has 0 radical (unpaired) electrons. The van der Waals surface area contributed by atoms with Crippen LogP contribution < -0.4 is 0 Å². The van der Waals surface area contributed by atoms with Crippen LogP contribution in [0.3, 0.4) is 0 Å². The molecule has 3 heteroatoms. The van der Waals surface area contributed by atoms with Crippen LogP contribution in [0, 0.1) is 0 Å². The van der Waals surface area contributed by atoms with Crippen LogP contribution in [0.15, 0.2) is 47.0 Å². The molecule has 2 nitrogen and oxygen atoms in total. The van der Waals surface area contributed by atoms with E-state index in [0.717, 1.165) is 17.0 Å². The molecule has 1 aromatic carbocycles. The molecule has 0 atom stereocenters. The molecule has 0 bridgehead atoms. The molecule has 0 amide bonds. The van der Waals surface area contributed by atoms with E-state index >= 15 is 0 Å². The summed E-state index contributed by atoms with van der Waals surface area (Å²) in [6, 6.07) is 15.3. The Labute approximate surface area is 174 Å². The van der Waals surface area contributed by atoms with Crippen LogP contribution in [0.5, 0.6) is 0 Å². The summed E-state index contributed by atoms with van der Waals surface area (Å²) in [4.78, 5) is 2.64. The average Bonchev–Trinajstić information content (AvgIpc) is 3.38. The van der Waals surface area contributed by atoms with Crippen molar-refractivity contribution in [2.45, 2.75) is 78.1 Å². The van der Waals surface area contributed by atoms with Gasteiger partial charge in [-0.15, -0.1) is 11.3 Å². The van der Waals surface area contributed by atoms with Crippen molar-refractivity contribution >= 4 is 11.3 Å². The van der Waals surface area contributed by atoms with Crippen LogP contribution in [0.25, 0.3) is 21.9 Å². The van der Waals surface area contributed by atoms with Crippen LogP contribution in [0.4, 0.5) is 0 Å². The fourth-order valence-corrected chi connectivity index (χ4v) is 4.50. The number of rotatable bonds is 12. The third-order valence-corrected chi connectivity index (χ3v) is 6.43. The maximum absolute atomic E-state index is 5.63. The summed E-state index contributed by atoms with van der Waals surface area (Å²) >= 11 is 1.84. The van der Waals surface area contributed by atoms with Gasteiger partial charge in [0.05, 0.1) is 4.88 Å². The van der Waals surface area contributed by atoms with E-state index in [1.165, 1.54) is 79.5 Å². The number of aromatic nitrogens is 1. The fourth-order valence-electron chi connectivity index (χ4n) is 3.49. The molecule has 0 aliphatic carbocycles. The van der Waals surface area contributed by atoms with E-state index in [2.05, 4.69) is 61.5 Å². The largest absolute Gasteiger partial charge is 0.356 e. The Morgan fingerprint density at radius 1 is 0.786 bits per heavy atom. The number of unbranched alkanes of at least 4 members (excludes halogenated alkanes) is 6. The van der Waals surface area contributed by atoms with Gasteiger partial charge in [0.1, 0.15) is 5.69 Å². The molecule has 0 aliphatic heterocycles. The molecule has 0 saturated carbocycles. The van der Waals surface area contributed by atoms with Gasteiger partial charge in [-0.1, -0.05) is 81.8 Å². The van der Waals surface area contributed by atoms with Gasteiger partial charge in [-0.25, -0.2) is 0 Å². The van der Waals surface area contributed by atoms with Gasteiger partial charge in [0, 0.05) is 16.5 Å². The second-order valence-corrected chi connectivity index (χ2v) is 8.83. The fraction of sp³-hybridized carbons (Fsp3) is 0.480. The summed E-state index contributed by atoms with van der Waals surface area (Å²) in [5.74, 6) is 0.852. The van der Waals surface area contributed by atoms with Gasteiger partial charge in [-0.3, -0.25) is 0 Å². The van der Waals surface area contributed by atoms with Gasteiger partial charge in [0.2, 0.25) is 0 Å². The molecule has 0 saturated heterocycles. The summed E-state index contributed by atoms with van der Waals surface area (Å²) < 4.78 is 5.63. The van der Waals surface area contributed by atoms with E-state index < -0.39 is 0 Å². The van der Waals surface area contributed by atoms with Gasteiger partial charge in [-0.2, -0.15) is 0 Å². The first-order valence-electron chi connectivity index (χ1n) is 10.9. The monoisotopic (exact) mass is 395 g/mol. The number of hydrogen-bond donors (Lipinski definition) is 0. The lowest BCUT2D eigenvalue weighted by Gasteiger charge is -2.02. The van der Waals surface area contributed by atoms with E-state index in [0.29, 0.717) is 0 Å². The smallest absolute Gasteiger partial charge is 0.167 e. The Bertz CT molecular complexity index is 815. The zero-order valence-corrected chi connectivity index (χ0v) is 18.2. The van der Waals surface area contributed by atoms with Crippen LogP contribution in [-0.4, -0.2) is 5.16 Å². The van der Waals surface area contributed by atoms with Crippen molar-refractivity contribution in [2.24, 2.45) is 0 Å². The van der Waals surface area contributed by atoms with Crippen LogP contribution >= 0.6 is 11.3 Å². The molecule has 0 aliphatic rings. The topological polar surface area (TPSA) is 26.0 Å². The van der Waals surface area contributed by atoms with Crippen LogP contribution in [0.1, 0.15) is 75.7 Å². The first-order chi connectivity index (χ1) is 13.8. The lowest BCUT2D eigenvalue weighted by molar-refractivity contribution is 0.435.